The van der Waals surface area contributed by atoms with Crippen molar-refractivity contribution in [2.75, 3.05) is 25.1 Å². The molecule has 0 bridgehead atoms. The number of hydrogen-bond acceptors (Lipinski definition) is 5. The minimum Gasteiger partial charge on any atom is -0.359 e. The van der Waals surface area contributed by atoms with Crippen LogP contribution in [0.4, 0.5) is 5.82 Å². The normalized spacial score (nSPS) is 16.5. The molecule has 0 aliphatic carbocycles. The summed E-state index contributed by atoms with van der Waals surface area (Å²) in [6.45, 7) is 2.04. The molecule has 0 amide bonds. The Morgan fingerprint density at radius 3 is 3.20 bits per heavy atom. The SMILES string of the molecule is CN1CCOCn2cnc3ncnc1c32. The summed E-state index contributed by atoms with van der Waals surface area (Å²) in [6.07, 6.45) is 3.29. The molecule has 1 aliphatic rings. The molecular weight excluding hydrogens is 194 g/mol. The maximum atomic E-state index is 5.48. The van der Waals surface area contributed by atoms with E-state index >= 15 is 0 Å². The largest absolute Gasteiger partial charge is 0.359 e. The Labute approximate surface area is 86.5 Å². The van der Waals surface area contributed by atoms with Gasteiger partial charge in [-0.3, -0.25) is 0 Å². The molecule has 0 fully saturated rings. The fourth-order valence-electron chi connectivity index (χ4n) is 1.74. The van der Waals surface area contributed by atoms with E-state index in [0.29, 0.717) is 13.3 Å². The zero-order valence-electron chi connectivity index (χ0n) is 8.42. The molecule has 0 unspecified atom stereocenters. The number of nitrogens with zero attached hydrogens (tertiary/aromatic N) is 5. The lowest BCUT2D eigenvalue weighted by Gasteiger charge is -2.22. The molecule has 1 aliphatic heterocycles. The molecule has 0 saturated carbocycles. The molecular formula is C9H11N5O. The quantitative estimate of drug-likeness (QED) is 0.617. The van der Waals surface area contributed by atoms with Gasteiger partial charge in [0, 0.05) is 13.6 Å². The Bertz CT molecular complexity index is 494. The highest BCUT2D eigenvalue weighted by Gasteiger charge is 2.15. The van der Waals surface area contributed by atoms with Crippen molar-refractivity contribution < 1.29 is 4.74 Å². The van der Waals surface area contributed by atoms with E-state index in [2.05, 4.69) is 19.9 Å². The lowest BCUT2D eigenvalue weighted by atomic mass is 10.4. The van der Waals surface area contributed by atoms with Gasteiger partial charge in [-0.15, -0.1) is 0 Å². The number of hydrogen-bond donors (Lipinski definition) is 0. The number of imidazole rings is 1. The van der Waals surface area contributed by atoms with Gasteiger partial charge in [-0.2, -0.15) is 0 Å². The minimum atomic E-state index is 0.519. The van der Waals surface area contributed by atoms with Gasteiger partial charge in [0.1, 0.15) is 18.6 Å². The minimum absolute atomic E-state index is 0.519. The van der Waals surface area contributed by atoms with Gasteiger partial charge in [-0.1, -0.05) is 0 Å². The molecule has 6 nitrogen and oxygen atoms in total. The fraction of sp³-hybridized carbons (Fsp3) is 0.444. The van der Waals surface area contributed by atoms with Crippen LogP contribution in [-0.4, -0.2) is 39.7 Å². The summed E-state index contributed by atoms with van der Waals surface area (Å²) < 4.78 is 7.41. The summed E-state index contributed by atoms with van der Waals surface area (Å²) in [5, 5.41) is 0. The predicted molar refractivity (Wildman–Crippen MR) is 54.5 cm³/mol. The maximum Gasteiger partial charge on any atom is 0.183 e. The van der Waals surface area contributed by atoms with Gasteiger partial charge in [0.25, 0.3) is 0 Å². The third-order valence-corrected chi connectivity index (χ3v) is 2.55. The molecule has 0 aromatic carbocycles. The zero-order valence-corrected chi connectivity index (χ0v) is 8.42. The third kappa shape index (κ3) is 1.25. The topological polar surface area (TPSA) is 56.1 Å². The first-order valence-electron chi connectivity index (χ1n) is 4.81. The van der Waals surface area contributed by atoms with Crippen molar-refractivity contribution in [3.63, 3.8) is 0 Å². The molecule has 2 aromatic heterocycles. The van der Waals surface area contributed by atoms with Crippen LogP contribution in [0.15, 0.2) is 12.7 Å². The van der Waals surface area contributed by atoms with Gasteiger partial charge in [-0.05, 0) is 0 Å². The highest BCUT2D eigenvalue weighted by atomic mass is 16.5. The van der Waals surface area contributed by atoms with Gasteiger partial charge in [0.15, 0.2) is 11.5 Å². The van der Waals surface area contributed by atoms with Crippen molar-refractivity contribution in [2.45, 2.75) is 6.73 Å². The smallest absolute Gasteiger partial charge is 0.183 e. The Hall–Kier alpha value is -1.69. The van der Waals surface area contributed by atoms with Crippen LogP contribution in [0, 0.1) is 0 Å². The van der Waals surface area contributed by atoms with Crippen LogP contribution in [0.5, 0.6) is 0 Å². The lowest BCUT2D eigenvalue weighted by molar-refractivity contribution is 0.0834. The molecule has 15 heavy (non-hydrogen) atoms. The van der Waals surface area contributed by atoms with E-state index in [4.69, 9.17) is 4.74 Å². The highest BCUT2D eigenvalue weighted by molar-refractivity contribution is 5.83. The van der Waals surface area contributed by atoms with E-state index in [1.807, 2.05) is 11.6 Å². The monoisotopic (exact) mass is 205 g/mol. The van der Waals surface area contributed by atoms with Crippen LogP contribution in [0.1, 0.15) is 0 Å². The molecule has 3 rings (SSSR count). The van der Waals surface area contributed by atoms with Gasteiger partial charge in [0.05, 0.1) is 12.9 Å². The van der Waals surface area contributed by atoms with E-state index in [0.717, 1.165) is 23.5 Å². The Kier molecular flexibility index (Phi) is 1.81. The second-order valence-corrected chi connectivity index (χ2v) is 3.54. The number of likely N-dealkylation sites (N-methyl/N-ethyl adjacent to an activating group) is 1. The Balaban J connectivity index is 2.30. The first-order valence-corrected chi connectivity index (χ1v) is 4.81. The molecule has 0 radical (unpaired) electrons. The number of ether oxygens (including phenoxy) is 1. The first-order chi connectivity index (χ1) is 7.36. The molecule has 0 N–H and O–H groups in total. The summed E-state index contributed by atoms with van der Waals surface area (Å²) in [6, 6.07) is 0. The van der Waals surface area contributed by atoms with E-state index in [9.17, 15) is 0 Å². The standard InChI is InChI=1S/C9H11N5O/c1-13-2-3-15-6-14-5-12-8-7(14)9(13)11-4-10-8/h4-5H,2-3,6H2,1H3. The van der Waals surface area contributed by atoms with Gasteiger partial charge in [0.2, 0.25) is 0 Å². The second-order valence-electron chi connectivity index (χ2n) is 3.54. The lowest BCUT2D eigenvalue weighted by Crippen LogP contribution is -2.26. The second kappa shape index (κ2) is 3.16. The molecule has 78 valence electrons. The molecule has 0 saturated heterocycles. The molecule has 0 spiro atoms. The van der Waals surface area contributed by atoms with Crippen LogP contribution in [0.2, 0.25) is 0 Å². The summed E-state index contributed by atoms with van der Waals surface area (Å²) >= 11 is 0. The van der Waals surface area contributed by atoms with Crippen molar-refractivity contribution in [1.82, 2.24) is 19.5 Å². The predicted octanol–water partition coefficient (Wildman–Crippen LogP) is 0.250. The van der Waals surface area contributed by atoms with Gasteiger partial charge >= 0.3 is 0 Å². The average Bonchev–Trinajstić information content (AvgIpc) is 2.65. The van der Waals surface area contributed by atoms with Crippen molar-refractivity contribution >= 4 is 17.0 Å². The fourth-order valence-corrected chi connectivity index (χ4v) is 1.74. The summed E-state index contributed by atoms with van der Waals surface area (Å²) in [5.74, 6) is 0.917. The van der Waals surface area contributed by atoms with E-state index in [1.54, 1.807) is 12.7 Å². The highest BCUT2D eigenvalue weighted by Crippen LogP contribution is 2.22. The first kappa shape index (κ1) is 8.60. The van der Waals surface area contributed by atoms with Crippen LogP contribution < -0.4 is 4.90 Å². The molecule has 2 aromatic rings. The number of rotatable bonds is 0. The van der Waals surface area contributed by atoms with Crippen LogP contribution >= 0.6 is 0 Å². The van der Waals surface area contributed by atoms with Crippen molar-refractivity contribution in [3.8, 4) is 0 Å². The van der Waals surface area contributed by atoms with Crippen LogP contribution in [0.3, 0.4) is 0 Å². The Morgan fingerprint density at radius 1 is 1.33 bits per heavy atom. The van der Waals surface area contributed by atoms with E-state index in [1.165, 1.54) is 0 Å². The van der Waals surface area contributed by atoms with Crippen molar-refractivity contribution in [3.05, 3.63) is 12.7 Å². The summed E-state index contributed by atoms with van der Waals surface area (Å²) in [4.78, 5) is 14.7. The Morgan fingerprint density at radius 2 is 2.27 bits per heavy atom. The summed E-state index contributed by atoms with van der Waals surface area (Å²) in [7, 11) is 1.99. The van der Waals surface area contributed by atoms with Crippen LogP contribution in [-0.2, 0) is 11.5 Å². The van der Waals surface area contributed by atoms with Gasteiger partial charge < -0.3 is 14.2 Å². The molecule has 6 heteroatoms. The number of aromatic nitrogens is 4. The molecule has 3 heterocycles. The van der Waals surface area contributed by atoms with E-state index in [-0.39, 0.29) is 0 Å². The van der Waals surface area contributed by atoms with Crippen molar-refractivity contribution in [1.29, 1.82) is 0 Å². The van der Waals surface area contributed by atoms with Crippen molar-refractivity contribution in [2.24, 2.45) is 0 Å². The average molecular weight is 205 g/mol. The molecule has 0 atom stereocenters. The summed E-state index contributed by atoms with van der Waals surface area (Å²) in [5.41, 5.74) is 1.66. The third-order valence-electron chi connectivity index (χ3n) is 2.55. The van der Waals surface area contributed by atoms with E-state index < -0.39 is 0 Å². The van der Waals surface area contributed by atoms with Gasteiger partial charge in [-0.25, -0.2) is 15.0 Å². The zero-order chi connectivity index (χ0) is 10.3. The number of anilines is 1. The maximum absolute atomic E-state index is 5.48. The van der Waals surface area contributed by atoms with Crippen LogP contribution in [0.25, 0.3) is 11.2 Å².